The minimum atomic E-state index is -0.0679. The molecule has 1 heterocycles. The number of hydrogen-bond donors (Lipinski definition) is 1. The second-order valence-electron chi connectivity index (χ2n) is 6.54. The Morgan fingerprint density at radius 3 is 2.46 bits per heavy atom. The van der Waals surface area contributed by atoms with Crippen molar-refractivity contribution in [3.8, 4) is 0 Å². The number of nitrogens with one attached hydrogen (secondary N) is 1. The molecule has 1 N–H and O–H groups in total. The van der Waals surface area contributed by atoms with Crippen molar-refractivity contribution in [2.75, 3.05) is 37.0 Å². The molecule has 0 saturated carbocycles. The van der Waals surface area contributed by atoms with Crippen molar-refractivity contribution in [2.24, 2.45) is 0 Å². The molecule has 5 nitrogen and oxygen atoms in total. The molecule has 0 saturated heterocycles. The van der Waals surface area contributed by atoms with E-state index in [9.17, 15) is 4.79 Å². The Morgan fingerprint density at radius 1 is 1.12 bits per heavy atom. The highest BCUT2D eigenvalue weighted by molar-refractivity contribution is 5.94. The van der Waals surface area contributed by atoms with Crippen LogP contribution in [0, 0.1) is 0 Å². The molecule has 0 spiro atoms. The number of anilines is 2. The number of nitrogens with zero attached hydrogens (tertiary/aromatic N) is 3. The van der Waals surface area contributed by atoms with Gasteiger partial charge in [-0.3, -0.25) is 4.79 Å². The van der Waals surface area contributed by atoms with Gasteiger partial charge in [0.05, 0.1) is 0 Å². The predicted molar refractivity (Wildman–Crippen MR) is 109 cm³/mol. The van der Waals surface area contributed by atoms with Crippen LogP contribution >= 0.6 is 0 Å². The van der Waals surface area contributed by atoms with Crippen molar-refractivity contribution >= 4 is 17.4 Å². The minimum absolute atomic E-state index is 0.0679. The number of benzene rings is 1. The van der Waals surface area contributed by atoms with Crippen LogP contribution in [0.1, 0.15) is 42.6 Å². The molecule has 1 amide bonds. The van der Waals surface area contributed by atoms with E-state index in [1.165, 1.54) is 18.5 Å². The van der Waals surface area contributed by atoms with E-state index in [-0.39, 0.29) is 5.91 Å². The Kier molecular flexibility index (Phi) is 7.45. The summed E-state index contributed by atoms with van der Waals surface area (Å²) >= 11 is 0. The molecule has 1 aromatic carbocycles. The summed E-state index contributed by atoms with van der Waals surface area (Å²) < 4.78 is 0. The van der Waals surface area contributed by atoms with E-state index in [0.29, 0.717) is 12.1 Å². The van der Waals surface area contributed by atoms with Crippen LogP contribution in [0.25, 0.3) is 0 Å². The van der Waals surface area contributed by atoms with Gasteiger partial charge in [-0.25, -0.2) is 4.98 Å². The first-order valence-corrected chi connectivity index (χ1v) is 9.31. The Hall–Kier alpha value is -2.56. The van der Waals surface area contributed by atoms with E-state index in [1.807, 2.05) is 55.4 Å². The van der Waals surface area contributed by atoms with Gasteiger partial charge < -0.3 is 15.1 Å². The fraction of sp³-hybridized carbons (Fsp3) is 0.429. The lowest BCUT2D eigenvalue weighted by Gasteiger charge is -2.23. The first-order valence-electron chi connectivity index (χ1n) is 9.31. The molecule has 0 fully saturated rings. The molecule has 0 aliphatic heterocycles. The normalized spacial score (nSPS) is 10.5. The summed E-state index contributed by atoms with van der Waals surface area (Å²) in [5, 5.41) is 2.99. The van der Waals surface area contributed by atoms with Gasteiger partial charge >= 0.3 is 0 Å². The average Bonchev–Trinajstić information content (AvgIpc) is 2.67. The Bertz CT molecular complexity index is 697. The average molecular weight is 354 g/mol. The van der Waals surface area contributed by atoms with Crippen LogP contribution in [0.5, 0.6) is 0 Å². The summed E-state index contributed by atoms with van der Waals surface area (Å²) in [6.07, 6.45) is 4.12. The minimum Gasteiger partial charge on any atom is -0.372 e. The molecule has 1 aromatic heterocycles. The van der Waals surface area contributed by atoms with Gasteiger partial charge in [-0.2, -0.15) is 0 Å². The quantitative estimate of drug-likeness (QED) is 0.746. The zero-order valence-electron chi connectivity index (χ0n) is 16.3. The topological polar surface area (TPSA) is 48.5 Å². The van der Waals surface area contributed by atoms with Gasteiger partial charge in [0.1, 0.15) is 5.82 Å². The molecule has 0 aliphatic rings. The van der Waals surface area contributed by atoms with Crippen LogP contribution < -0.4 is 15.1 Å². The highest BCUT2D eigenvalue weighted by Gasteiger charge is 2.10. The predicted octanol–water partition coefficient (Wildman–Crippen LogP) is 3.70. The molecule has 26 heavy (non-hydrogen) atoms. The van der Waals surface area contributed by atoms with Crippen LogP contribution in [0.2, 0.25) is 0 Å². The van der Waals surface area contributed by atoms with Gasteiger partial charge in [0.25, 0.3) is 5.91 Å². The van der Waals surface area contributed by atoms with E-state index in [2.05, 4.69) is 29.0 Å². The number of carbonyl (C=O) groups excluding carboxylic acids is 1. The zero-order chi connectivity index (χ0) is 18.9. The molecular weight excluding hydrogens is 324 g/mol. The molecule has 2 rings (SSSR count). The van der Waals surface area contributed by atoms with Crippen molar-refractivity contribution in [1.82, 2.24) is 10.3 Å². The van der Waals surface area contributed by atoms with Gasteiger partial charge in [0.15, 0.2) is 0 Å². The summed E-state index contributed by atoms with van der Waals surface area (Å²) in [6, 6.07) is 11.7. The van der Waals surface area contributed by atoms with Crippen molar-refractivity contribution in [1.29, 1.82) is 0 Å². The monoisotopic (exact) mass is 354 g/mol. The molecular formula is C21H30N4O. The number of hydrogen-bond acceptors (Lipinski definition) is 4. The third kappa shape index (κ3) is 5.22. The number of carbonyl (C=O) groups is 1. The van der Waals surface area contributed by atoms with Crippen LogP contribution in [0.4, 0.5) is 11.5 Å². The third-order valence-corrected chi connectivity index (χ3v) is 4.39. The van der Waals surface area contributed by atoms with Crippen molar-refractivity contribution in [3.05, 3.63) is 53.7 Å². The van der Waals surface area contributed by atoms with Gasteiger partial charge in [-0.1, -0.05) is 19.4 Å². The van der Waals surface area contributed by atoms with Gasteiger partial charge in [0, 0.05) is 56.7 Å². The SMILES string of the molecule is CCCCN(CC)c1ccc(C(=O)NCc2cccnc2N(C)C)cc1. The molecule has 0 bridgehead atoms. The molecule has 140 valence electrons. The summed E-state index contributed by atoms with van der Waals surface area (Å²) in [6.45, 7) is 6.84. The standard InChI is InChI=1S/C21H30N4O/c1-5-7-15-25(6-2)19-12-10-17(11-13-19)21(26)23-16-18-9-8-14-22-20(18)24(3)4/h8-14H,5-7,15-16H2,1-4H3,(H,23,26). The maximum absolute atomic E-state index is 12.5. The number of pyridine rings is 1. The third-order valence-electron chi connectivity index (χ3n) is 4.39. The summed E-state index contributed by atoms with van der Waals surface area (Å²) in [5.41, 5.74) is 2.84. The molecule has 2 aromatic rings. The highest BCUT2D eigenvalue weighted by Crippen LogP contribution is 2.17. The zero-order valence-corrected chi connectivity index (χ0v) is 16.3. The Balaban J connectivity index is 2.00. The highest BCUT2D eigenvalue weighted by atomic mass is 16.1. The molecule has 0 aliphatic carbocycles. The number of unbranched alkanes of at least 4 members (excludes halogenated alkanes) is 1. The van der Waals surface area contributed by atoms with Crippen LogP contribution in [-0.4, -0.2) is 38.1 Å². The maximum atomic E-state index is 12.5. The Labute approximate surface area is 157 Å². The van der Waals surface area contributed by atoms with Gasteiger partial charge in [-0.15, -0.1) is 0 Å². The molecule has 0 unspecified atom stereocenters. The van der Waals surface area contributed by atoms with Crippen LogP contribution in [0.15, 0.2) is 42.6 Å². The van der Waals surface area contributed by atoms with Gasteiger partial charge in [-0.05, 0) is 43.7 Å². The van der Waals surface area contributed by atoms with E-state index in [0.717, 1.165) is 24.5 Å². The lowest BCUT2D eigenvalue weighted by atomic mass is 10.1. The summed E-state index contributed by atoms with van der Waals surface area (Å²) in [7, 11) is 3.90. The largest absolute Gasteiger partial charge is 0.372 e. The Morgan fingerprint density at radius 2 is 1.85 bits per heavy atom. The second-order valence-corrected chi connectivity index (χ2v) is 6.54. The second kappa shape index (κ2) is 9.80. The fourth-order valence-corrected chi connectivity index (χ4v) is 2.89. The van der Waals surface area contributed by atoms with Crippen LogP contribution in [-0.2, 0) is 6.54 Å². The smallest absolute Gasteiger partial charge is 0.251 e. The first-order chi connectivity index (χ1) is 12.6. The van der Waals surface area contributed by atoms with Crippen molar-refractivity contribution < 1.29 is 4.79 Å². The van der Waals surface area contributed by atoms with E-state index < -0.39 is 0 Å². The number of aromatic nitrogens is 1. The van der Waals surface area contributed by atoms with Gasteiger partial charge in [0.2, 0.25) is 0 Å². The maximum Gasteiger partial charge on any atom is 0.251 e. The lowest BCUT2D eigenvalue weighted by molar-refractivity contribution is 0.0951. The lowest BCUT2D eigenvalue weighted by Crippen LogP contribution is -2.25. The first kappa shape index (κ1) is 19.8. The van der Waals surface area contributed by atoms with Crippen molar-refractivity contribution in [3.63, 3.8) is 0 Å². The number of rotatable bonds is 9. The van der Waals surface area contributed by atoms with E-state index in [1.54, 1.807) is 6.20 Å². The van der Waals surface area contributed by atoms with Crippen LogP contribution in [0.3, 0.4) is 0 Å². The molecule has 0 atom stereocenters. The van der Waals surface area contributed by atoms with E-state index >= 15 is 0 Å². The summed E-state index contributed by atoms with van der Waals surface area (Å²) in [4.78, 5) is 21.1. The molecule has 5 heteroatoms. The number of amides is 1. The molecule has 0 radical (unpaired) electrons. The van der Waals surface area contributed by atoms with Crippen molar-refractivity contribution in [2.45, 2.75) is 33.2 Å². The summed E-state index contributed by atoms with van der Waals surface area (Å²) in [5.74, 6) is 0.805. The fourth-order valence-electron chi connectivity index (χ4n) is 2.89. The van der Waals surface area contributed by atoms with E-state index in [4.69, 9.17) is 0 Å².